The molecule has 12 nitrogen and oxygen atoms in total. The van der Waals surface area contributed by atoms with Crippen LogP contribution in [0.2, 0.25) is 0 Å². The van der Waals surface area contributed by atoms with E-state index >= 15 is 0 Å². The van der Waals surface area contributed by atoms with Crippen molar-refractivity contribution in [1.82, 2.24) is 20.2 Å². The van der Waals surface area contributed by atoms with E-state index in [0.29, 0.717) is 61.4 Å². The van der Waals surface area contributed by atoms with Gasteiger partial charge in [-0.05, 0) is 50.5 Å². The number of sulfonamides is 1. The van der Waals surface area contributed by atoms with E-state index in [9.17, 15) is 13.2 Å². The fourth-order valence-corrected chi connectivity index (χ4v) is 5.13. The second-order valence-electron chi connectivity index (χ2n) is 9.76. The van der Waals surface area contributed by atoms with Crippen LogP contribution in [-0.2, 0) is 14.8 Å². The van der Waals surface area contributed by atoms with Crippen LogP contribution < -0.4 is 19.8 Å². The Kier molecular flexibility index (Phi) is 9.72. The monoisotopic (exact) mass is 578 g/mol. The van der Waals surface area contributed by atoms with E-state index < -0.39 is 10.0 Å². The fourth-order valence-electron chi connectivity index (χ4n) is 4.34. The Morgan fingerprint density at radius 3 is 2.51 bits per heavy atom. The maximum atomic E-state index is 13.2. The zero-order valence-electron chi connectivity index (χ0n) is 23.4. The maximum absolute atomic E-state index is 13.2. The molecular formula is C28H34N8O4S. The molecular weight excluding hydrogens is 544 g/mol. The number of hydrogen-bond donors (Lipinski definition) is 2. The lowest BCUT2D eigenvalue weighted by Gasteiger charge is -2.30. The average molecular weight is 579 g/mol. The molecule has 1 fully saturated rings. The van der Waals surface area contributed by atoms with Gasteiger partial charge in [-0.2, -0.15) is 5.26 Å². The third-order valence-electron chi connectivity index (χ3n) is 6.41. The zero-order valence-corrected chi connectivity index (χ0v) is 24.2. The smallest absolute Gasteiger partial charge is 0.253 e. The van der Waals surface area contributed by atoms with Crippen molar-refractivity contribution in [2.45, 2.75) is 0 Å². The highest BCUT2D eigenvalue weighted by molar-refractivity contribution is 7.92. The number of carbonyl (C=O) groups is 1. The van der Waals surface area contributed by atoms with Crippen LogP contribution in [-0.4, -0.2) is 95.5 Å². The van der Waals surface area contributed by atoms with Gasteiger partial charge in [0.25, 0.3) is 5.91 Å². The summed E-state index contributed by atoms with van der Waals surface area (Å²) in [5.41, 5.74) is 3.81. The van der Waals surface area contributed by atoms with Crippen LogP contribution in [0.4, 0.5) is 23.0 Å². The zero-order chi connectivity index (χ0) is 29.4. The summed E-state index contributed by atoms with van der Waals surface area (Å²) < 4.78 is 30.7. The highest BCUT2D eigenvalue weighted by Crippen LogP contribution is 2.28. The minimum atomic E-state index is -3.59. The van der Waals surface area contributed by atoms with Gasteiger partial charge in [0.05, 0.1) is 42.5 Å². The van der Waals surface area contributed by atoms with Crippen LogP contribution in [0.25, 0.3) is 11.3 Å². The molecule has 1 saturated heterocycles. The molecule has 4 rings (SSSR count). The molecule has 0 spiro atoms. The summed E-state index contributed by atoms with van der Waals surface area (Å²) in [5, 5.41) is 15.2. The molecule has 0 radical (unpaired) electrons. The molecule has 2 heterocycles. The van der Waals surface area contributed by atoms with Crippen molar-refractivity contribution in [2.75, 3.05) is 80.8 Å². The minimum absolute atomic E-state index is 0.161. The topological polar surface area (TPSA) is 144 Å². The quantitative estimate of drug-likeness (QED) is 0.325. The van der Waals surface area contributed by atoms with Gasteiger partial charge in [0.15, 0.2) is 0 Å². The van der Waals surface area contributed by atoms with Crippen LogP contribution in [0.1, 0.15) is 10.4 Å². The van der Waals surface area contributed by atoms with Crippen molar-refractivity contribution in [3.63, 3.8) is 0 Å². The lowest BCUT2D eigenvalue weighted by atomic mass is 10.1. The lowest BCUT2D eigenvalue weighted by molar-refractivity contribution is 0.0949. The highest BCUT2D eigenvalue weighted by Gasteiger charge is 2.20. The minimum Gasteiger partial charge on any atom is -0.378 e. The Hall–Kier alpha value is -4.25. The van der Waals surface area contributed by atoms with Gasteiger partial charge in [-0.3, -0.25) is 9.10 Å². The molecule has 41 heavy (non-hydrogen) atoms. The number of nitriles is 1. The number of benzene rings is 2. The largest absolute Gasteiger partial charge is 0.378 e. The number of nitrogens with one attached hydrogen (secondary N) is 2. The predicted molar refractivity (Wildman–Crippen MR) is 159 cm³/mol. The second kappa shape index (κ2) is 13.4. The van der Waals surface area contributed by atoms with E-state index in [1.54, 1.807) is 42.6 Å². The summed E-state index contributed by atoms with van der Waals surface area (Å²) in [5.74, 6) is 0.179. The molecule has 1 amide bonds. The van der Waals surface area contributed by atoms with Crippen LogP contribution in [0, 0.1) is 11.3 Å². The van der Waals surface area contributed by atoms with Gasteiger partial charge in [0.1, 0.15) is 6.54 Å². The van der Waals surface area contributed by atoms with Crippen LogP contribution in [0.15, 0.2) is 54.7 Å². The normalized spacial score (nSPS) is 13.5. The van der Waals surface area contributed by atoms with Gasteiger partial charge in [-0.25, -0.2) is 18.4 Å². The first kappa shape index (κ1) is 29.7. The van der Waals surface area contributed by atoms with Crippen LogP contribution >= 0.6 is 0 Å². The summed E-state index contributed by atoms with van der Waals surface area (Å²) in [6, 6.07) is 16.0. The second-order valence-corrected chi connectivity index (χ2v) is 11.7. The first-order valence-electron chi connectivity index (χ1n) is 13.1. The molecule has 0 saturated carbocycles. The number of aromatic nitrogens is 2. The molecule has 13 heteroatoms. The van der Waals surface area contributed by atoms with Gasteiger partial charge >= 0.3 is 0 Å². The number of morpholine rings is 1. The number of nitrogens with zero attached hydrogens (tertiary/aromatic N) is 6. The molecule has 1 aromatic heterocycles. The van der Waals surface area contributed by atoms with Gasteiger partial charge in [-0.15, -0.1) is 0 Å². The number of rotatable bonds is 11. The lowest BCUT2D eigenvalue weighted by Crippen LogP contribution is -2.38. The molecule has 0 atom stereocenters. The Morgan fingerprint density at radius 1 is 1.12 bits per heavy atom. The Bertz CT molecular complexity index is 1500. The summed E-state index contributed by atoms with van der Waals surface area (Å²) in [4.78, 5) is 26.3. The van der Waals surface area contributed by atoms with Crippen molar-refractivity contribution in [1.29, 1.82) is 5.26 Å². The first-order chi connectivity index (χ1) is 19.7. The number of amides is 1. The number of carbonyl (C=O) groups excluding carboxylic acids is 1. The van der Waals surface area contributed by atoms with Gasteiger partial charge in [0.2, 0.25) is 16.0 Å². The summed E-state index contributed by atoms with van der Waals surface area (Å²) in [7, 11) is 0.319. The Labute approximate surface area is 240 Å². The van der Waals surface area contributed by atoms with E-state index in [1.165, 1.54) is 0 Å². The van der Waals surface area contributed by atoms with Gasteiger partial charge in [0, 0.05) is 49.3 Å². The van der Waals surface area contributed by atoms with Crippen molar-refractivity contribution in [3.8, 4) is 17.3 Å². The number of likely N-dealkylation sites (N-methyl/N-ethyl adjacent to an activating group) is 1. The van der Waals surface area contributed by atoms with E-state index in [2.05, 4.69) is 25.5 Å². The van der Waals surface area contributed by atoms with E-state index in [4.69, 9.17) is 10.00 Å². The Morgan fingerprint density at radius 2 is 1.85 bits per heavy atom. The average Bonchev–Trinajstić information content (AvgIpc) is 2.96. The SMILES string of the molecule is CN(C)CCNC(=O)c1cc(Nc2nccc(-c3ccc(N(CC#N)S(C)(=O)=O)cc3)n2)ccc1N1CCOCC1. The molecule has 2 aromatic carbocycles. The number of hydrogen-bond acceptors (Lipinski definition) is 10. The molecule has 0 unspecified atom stereocenters. The molecule has 2 N–H and O–H groups in total. The molecule has 0 aliphatic carbocycles. The van der Waals surface area contributed by atoms with E-state index in [0.717, 1.165) is 28.4 Å². The van der Waals surface area contributed by atoms with Crippen LogP contribution in [0.5, 0.6) is 0 Å². The van der Waals surface area contributed by atoms with Crippen molar-refractivity contribution >= 4 is 38.9 Å². The Balaban J connectivity index is 1.56. The third-order valence-corrected chi connectivity index (χ3v) is 7.56. The molecule has 216 valence electrons. The van der Waals surface area contributed by atoms with Crippen molar-refractivity contribution < 1.29 is 17.9 Å². The molecule has 3 aromatic rings. The van der Waals surface area contributed by atoms with Crippen molar-refractivity contribution in [2.24, 2.45) is 0 Å². The van der Waals surface area contributed by atoms with Crippen molar-refractivity contribution in [3.05, 3.63) is 60.3 Å². The van der Waals surface area contributed by atoms with Gasteiger partial charge in [-0.1, -0.05) is 12.1 Å². The fraction of sp³-hybridized carbons (Fsp3) is 0.357. The number of anilines is 4. The molecule has 1 aliphatic rings. The van der Waals surface area contributed by atoms with E-state index in [1.807, 2.05) is 37.2 Å². The number of ether oxygens (including phenoxy) is 1. The summed E-state index contributed by atoms with van der Waals surface area (Å²) in [6.07, 6.45) is 2.68. The molecule has 0 bridgehead atoms. The maximum Gasteiger partial charge on any atom is 0.253 e. The standard InChI is InChI=1S/C28H34N8O4S/c1-34(2)15-13-30-27(37)24-20-22(6-9-26(24)35-16-18-40-19-17-35)32-28-31-12-10-25(33-28)21-4-7-23(8-5-21)36(14-11-29)41(3,38)39/h4-10,12,20H,13-19H2,1-3H3,(H,30,37)(H,31,32,33). The van der Waals surface area contributed by atoms with Crippen LogP contribution in [0.3, 0.4) is 0 Å². The van der Waals surface area contributed by atoms with E-state index in [-0.39, 0.29) is 12.5 Å². The highest BCUT2D eigenvalue weighted by atomic mass is 32.2. The summed E-state index contributed by atoms with van der Waals surface area (Å²) >= 11 is 0. The summed E-state index contributed by atoms with van der Waals surface area (Å²) in [6.45, 7) is 3.58. The molecule has 1 aliphatic heterocycles. The third kappa shape index (κ3) is 7.91. The first-order valence-corrected chi connectivity index (χ1v) is 15.0. The predicted octanol–water partition coefficient (Wildman–Crippen LogP) is 2.30. The van der Waals surface area contributed by atoms with Gasteiger partial charge < -0.3 is 25.2 Å².